The molecule has 5 heteroatoms. The van der Waals surface area contributed by atoms with Crippen LogP contribution < -0.4 is 9.64 Å². The molecule has 1 heterocycles. The molecule has 1 aliphatic heterocycles. The van der Waals surface area contributed by atoms with Gasteiger partial charge < -0.3 is 9.64 Å². The molecule has 18 heavy (non-hydrogen) atoms. The average Bonchev–Trinajstić information content (AvgIpc) is 3.14. The number of thiol groups is 1. The van der Waals surface area contributed by atoms with Gasteiger partial charge >= 0.3 is 0 Å². The molecule has 1 amide bonds. The van der Waals surface area contributed by atoms with Gasteiger partial charge in [-0.2, -0.15) is 12.6 Å². The van der Waals surface area contributed by atoms with E-state index in [0.717, 1.165) is 30.0 Å². The smallest absolute Gasteiger partial charge is 0.265 e. The summed E-state index contributed by atoms with van der Waals surface area (Å²) in [5, 5.41) is 0.618. The van der Waals surface area contributed by atoms with Crippen LogP contribution >= 0.6 is 24.2 Å². The quantitative estimate of drug-likeness (QED) is 0.865. The molecule has 0 radical (unpaired) electrons. The van der Waals surface area contributed by atoms with Gasteiger partial charge in [0.05, 0.1) is 5.69 Å². The van der Waals surface area contributed by atoms with E-state index in [4.69, 9.17) is 16.3 Å². The minimum Gasteiger partial charge on any atom is -0.482 e. The van der Waals surface area contributed by atoms with Crippen molar-refractivity contribution in [2.75, 3.05) is 23.8 Å². The molecule has 0 bridgehead atoms. The molecule has 96 valence electrons. The topological polar surface area (TPSA) is 29.5 Å². The van der Waals surface area contributed by atoms with Crippen LogP contribution in [-0.2, 0) is 4.79 Å². The number of hydrogen-bond acceptors (Lipinski definition) is 3. The van der Waals surface area contributed by atoms with Crippen LogP contribution in [0.1, 0.15) is 12.8 Å². The van der Waals surface area contributed by atoms with Crippen LogP contribution in [0.3, 0.4) is 0 Å². The Bertz CT molecular complexity index is 502. The first-order chi connectivity index (χ1) is 8.63. The number of nitrogens with zero attached hydrogens (tertiary/aromatic N) is 1. The molecule has 1 aromatic rings. The van der Waals surface area contributed by atoms with Gasteiger partial charge in [0.25, 0.3) is 5.91 Å². The number of carbonyl (C=O) groups is 1. The Labute approximate surface area is 116 Å². The molecular weight excluding hydrogens is 270 g/mol. The highest BCUT2D eigenvalue weighted by atomic mass is 35.5. The van der Waals surface area contributed by atoms with E-state index >= 15 is 0 Å². The van der Waals surface area contributed by atoms with Crippen LogP contribution in [-0.4, -0.2) is 24.8 Å². The van der Waals surface area contributed by atoms with Crippen molar-refractivity contribution in [3.8, 4) is 5.75 Å². The Hall–Kier alpha value is -0.870. The zero-order valence-corrected chi connectivity index (χ0v) is 11.5. The lowest BCUT2D eigenvalue weighted by atomic mass is 10.1. The van der Waals surface area contributed by atoms with Crippen molar-refractivity contribution in [2.24, 2.45) is 5.41 Å². The van der Waals surface area contributed by atoms with Gasteiger partial charge in [0.15, 0.2) is 6.61 Å². The van der Waals surface area contributed by atoms with Crippen LogP contribution in [0.4, 0.5) is 5.69 Å². The second-order valence-corrected chi connectivity index (χ2v) is 5.79. The maximum atomic E-state index is 12.0. The lowest BCUT2D eigenvalue weighted by molar-refractivity contribution is -0.121. The fraction of sp³-hybridized carbons (Fsp3) is 0.462. The zero-order chi connectivity index (χ0) is 12.8. The Balaban J connectivity index is 1.93. The molecule has 0 atom stereocenters. The van der Waals surface area contributed by atoms with Crippen molar-refractivity contribution in [3.63, 3.8) is 0 Å². The lowest BCUT2D eigenvalue weighted by Crippen LogP contribution is -2.42. The van der Waals surface area contributed by atoms with Gasteiger partial charge in [-0.15, -0.1) is 0 Å². The van der Waals surface area contributed by atoms with Crippen molar-refractivity contribution in [1.29, 1.82) is 0 Å². The van der Waals surface area contributed by atoms with Crippen LogP contribution in [0, 0.1) is 5.41 Å². The van der Waals surface area contributed by atoms with E-state index in [2.05, 4.69) is 12.6 Å². The van der Waals surface area contributed by atoms with Gasteiger partial charge in [-0.25, -0.2) is 0 Å². The first-order valence-electron chi connectivity index (χ1n) is 5.97. The zero-order valence-electron chi connectivity index (χ0n) is 9.86. The van der Waals surface area contributed by atoms with E-state index in [1.54, 1.807) is 17.0 Å². The summed E-state index contributed by atoms with van der Waals surface area (Å²) in [4.78, 5) is 13.8. The van der Waals surface area contributed by atoms with E-state index in [0.29, 0.717) is 11.6 Å². The summed E-state index contributed by atoms with van der Waals surface area (Å²) in [7, 11) is 0. The van der Waals surface area contributed by atoms with E-state index in [-0.39, 0.29) is 17.9 Å². The molecule has 0 saturated heterocycles. The molecule has 1 saturated carbocycles. The summed E-state index contributed by atoms with van der Waals surface area (Å²) in [6.07, 6.45) is 2.27. The van der Waals surface area contributed by atoms with Crippen molar-refractivity contribution in [3.05, 3.63) is 23.2 Å². The highest BCUT2D eigenvalue weighted by molar-refractivity contribution is 7.80. The molecule has 2 aliphatic rings. The molecule has 1 fully saturated rings. The fourth-order valence-corrected chi connectivity index (χ4v) is 2.81. The number of carbonyl (C=O) groups excluding carboxylic acids is 1. The Morgan fingerprint density at radius 1 is 1.44 bits per heavy atom. The van der Waals surface area contributed by atoms with Gasteiger partial charge in [-0.05, 0) is 42.2 Å². The third-order valence-electron chi connectivity index (χ3n) is 3.65. The summed E-state index contributed by atoms with van der Waals surface area (Å²) < 4.78 is 5.42. The number of amides is 1. The molecule has 0 unspecified atom stereocenters. The van der Waals surface area contributed by atoms with Gasteiger partial charge in [-0.3, -0.25) is 4.79 Å². The van der Waals surface area contributed by atoms with Gasteiger partial charge in [-0.1, -0.05) is 11.6 Å². The van der Waals surface area contributed by atoms with Crippen molar-refractivity contribution >= 4 is 35.8 Å². The standard InChI is InChI=1S/C13H14ClNO2S/c14-9-1-2-11-10(5-9)15(12(16)6-17-11)7-13(8-18)3-4-13/h1-2,5,18H,3-4,6-8H2. The number of hydrogen-bond donors (Lipinski definition) is 1. The lowest BCUT2D eigenvalue weighted by Gasteiger charge is -2.32. The summed E-state index contributed by atoms with van der Waals surface area (Å²) in [6.45, 7) is 0.823. The molecule has 3 rings (SSSR count). The van der Waals surface area contributed by atoms with Crippen molar-refractivity contribution in [1.82, 2.24) is 0 Å². The number of benzene rings is 1. The fourth-order valence-electron chi connectivity index (χ4n) is 2.23. The molecule has 1 aliphatic carbocycles. The van der Waals surface area contributed by atoms with Gasteiger partial charge in [0, 0.05) is 11.6 Å². The van der Waals surface area contributed by atoms with E-state index in [1.807, 2.05) is 6.07 Å². The van der Waals surface area contributed by atoms with Crippen LogP contribution in [0.15, 0.2) is 18.2 Å². The first-order valence-corrected chi connectivity index (χ1v) is 6.98. The maximum Gasteiger partial charge on any atom is 0.265 e. The van der Waals surface area contributed by atoms with Crippen molar-refractivity contribution < 1.29 is 9.53 Å². The number of rotatable bonds is 3. The van der Waals surface area contributed by atoms with Gasteiger partial charge in [0.2, 0.25) is 0 Å². The largest absolute Gasteiger partial charge is 0.482 e. The highest BCUT2D eigenvalue weighted by Gasteiger charge is 2.44. The van der Waals surface area contributed by atoms with E-state index in [1.165, 1.54) is 0 Å². The second kappa shape index (κ2) is 4.35. The third kappa shape index (κ3) is 2.08. The monoisotopic (exact) mass is 283 g/mol. The minimum absolute atomic E-state index is 0.00201. The molecule has 1 aromatic carbocycles. The first kappa shape index (κ1) is 12.2. The summed E-state index contributed by atoms with van der Waals surface area (Å²) in [6, 6.07) is 5.39. The summed E-state index contributed by atoms with van der Waals surface area (Å²) in [5.41, 5.74) is 0.974. The summed E-state index contributed by atoms with van der Waals surface area (Å²) in [5.74, 6) is 1.54. The van der Waals surface area contributed by atoms with Crippen LogP contribution in [0.5, 0.6) is 5.75 Å². The molecule has 0 spiro atoms. The number of fused-ring (bicyclic) bond motifs is 1. The molecular formula is C13H14ClNO2S. The molecule has 3 nitrogen and oxygen atoms in total. The summed E-state index contributed by atoms with van der Waals surface area (Å²) >= 11 is 10.4. The normalized spacial score (nSPS) is 20.3. The average molecular weight is 284 g/mol. The molecule has 0 N–H and O–H groups in total. The van der Waals surface area contributed by atoms with E-state index < -0.39 is 0 Å². The van der Waals surface area contributed by atoms with Crippen LogP contribution in [0.2, 0.25) is 5.02 Å². The number of ether oxygens (including phenoxy) is 1. The SMILES string of the molecule is O=C1COc2ccc(Cl)cc2N1CC1(CS)CC1. The highest BCUT2D eigenvalue weighted by Crippen LogP contribution is 2.49. The van der Waals surface area contributed by atoms with E-state index in [9.17, 15) is 4.79 Å². The Morgan fingerprint density at radius 3 is 2.89 bits per heavy atom. The van der Waals surface area contributed by atoms with Gasteiger partial charge in [0.1, 0.15) is 5.75 Å². The Kier molecular flexibility index (Phi) is 2.94. The minimum atomic E-state index is -0.00201. The Morgan fingerprint density at radius 2 is 2.22 bits per heavy atom. The maximum absolute atomic E-state index is 12.0. The predicted molar refractivity (Wildman–Crippen MR) is 74.8 cm³/mol. The predicted octanol–water partition coefficient (Wildman–Crippen LogP) is 2.78. The van der Waals surface area contributed by atoms with Crippen molar-refractivity contribution in [2.45, 2.75) is 12.8 Å². The third-order valence-corrected chi connectivity index (χ3v) is 4.56. The number of anilines is 1. The molecule has 0 aromatic heterocycles. The number of halogens is 1. The second-order valence-electron chi connectivity index (χ2n) is 5.04. The van der Waals surface area contributed by atoms with Crippen LogP contribution in [0.25, 0.3) is 0 Å².